The normalized spacial score (nSPS) is 22.9. The van der Waals surface area contributed by atoms with Crippen LogP contribution >= 0.6 is 11.6 Å². The zero-order chi connectivity index (χ0) is 22.8. The molecule has 1 N–H and O–H groups in total. The highest BCUT2D eigenvalue weighted by atomic mass is 35.5. The molecule has 0 fully saturated rings. The summed E-state index contributed by atoms with van der Waals surface area (Å²) in [6, 6.07) is 7.15. The molecular weight excluding hydrogens is 416 g/mol. The summed E-state index contributed by atoms with van der Waals surface area (Å²) < 4.78 is 10.7. The molecule has 0 spiro atoms. The van der Waals surface area contributed by atoms with Gasteiger partial charge in [-0.2, -0.15) is 0 Å². The molecule has 0 aliphatic carbocycles. The van der Waals surface area contributed by atoms with E-state index in [1.54, 1.807) is 32.0 Å². The lowest BCUT2D eigenvalue weighted by atomic mass is 9.80. The average molecular weight is 443 g/mol. The monoisotopic (exact) mass is 442 g/mol. The minimum atomic E-state index is -0.697. The molecule has 6 nitrogen and oxygen atoms in total. The number of nitrogens with one attached hydrogen (secondary N) is 1. The molecule has 1 aromatic carbocycles. The number of benzene rings is 1. The van der Waals surface area contributed by atoms with Gasteiger partial charge < -0.3 is 14.8 Å². The summed E-state index contributed by atoms with van der Waals surface area (Å²) in [5.74, 6) is -1.73. The van der Waals surface area contributed by atoms with Crippen LogP contribution in [-0.2, 0) is 19.1 Å². The van der Waals surface area contributed by atoms with E-state index in [-0.39, 0.29) is 12.1 Å². The molecule has 164 valence electrons. The summed E-state index contributed by atoms with van der Waals surface area (Å²) >= 11 is 6.47. The number of halogens is 1. The first-order chi connectivity index (χ1) is 14.7. The molecule has 2 atom stereocenters. The van der Waals surface area contributed by atoms with E-state index in [4.69, 9.17) is 21.1 Å². The number of methoxy groups -OCH3 is 1. The van der Waals surface area contributed by atoms with E-state index in [1.807, 2.05) is 32.1 Å². The van der Waals surface area contributed by atoms with E-state index in [1.165, 1.54) is 7.11 Å². The number of hydrogen-bond acceptors (Lipinski definition) is 6. The zero-order valence-corrected chi connectivity index (χ0v) is 19.2. The molecule has 7 heteroatoms. The predicted octanol–water partition coefficient (Wildman–Crippen LogP) is 4.47. The first-order valence-corrected chi connectivity index (χ1v) is 10.5. The summed E-state index contributed by atoms with van der Waals surface area (Å²) in [7, 11) is 1.31. The first-order valence-electron chi connectivity index (χ1n) is 10.1. The highest BCUT2D eigenvalue weighted by Crippen LogP contribution is 2.41. The Labute approximate surface area is 187 Å². The van der Waals surface area contributed by atoms with Crippen LogP contribution in [0.25, 0.3) is 0 Å². The van der Waals surface area contributed by atoms with Crippen molar-refractivity contribution in [3.05, 3.63) is 69.5 Å². The summed E-state index contributed by atoms with van der Waals surface area (Å²) in [5.41, 5.74) is 3.10. The zero-order valence-electron chi connectivity index (χ0n) is 18.4. The van der Waals surface area contributed by atoms with Gasteiger partial charge in [0.1, 0.15) is 0 Å². The van der Waals surface area contributed by atoms with Gasteiger partial charge in [-0.25, -0.2) is 9.59 Å². The van der Waals surface area contributed by atoms with Gasteiger partial charge in [-0.05, 0) is 45.4 Å². The molecule has 0 saturated carbocycles. The fourth-order valence-electron chi connectivity index (χ4n) is 4.01. The van der Waals surface area contributed by atoms with Gasteiger partial charge in [0, 0.05) is 28.5 Å². The second-order valence-corrected chi connectivity index (χ2v) is 8.39. The molecule has 3 rings (SSSR count). The lowest BCUT2D eigenvalue weighted by Gasteiger charge is -2.31. The Morgan fingerprint density at radius 2 is 1.77 bits per heavy atom. The fourth-order valence-corrected chi connectivity index (χ4v) is 4.26. The summed E-state index contributed by atoms with van der Waals surface area (Å²) in [5, 5.41) is 3.57. The first kappa shape index (κ1) is 22.8. The molecule has 2 unspecified atom stereocenters. The number of nitrogens with zero attached hydrogens (tertiary/aromatic N) is 1. The Balaban J connectivity index is 1.91. The SMILES string of the molecule is COC(=O)C1=C(C)NC(C)=C(C(=O)OCCC2(C)C=CC(C)=N2)C1c1ccccc1Cl. The summed E-state index contributed by atoms with van der Waals surface area (Å²) in [4.78, 5) is 30.4. The number of dihydropyridines is 1. The Morgan fingerprint density at radius 1 is 1.13 bits per heavy atom. The third kappa shape index (κ3) is 4.74. The third-order valence-electron chi connectivity index (χ3n) is 5.56. The van der Waals surface area contributed by atoms with Crippen LogP contribution < -0.4 is 5.32 Å². The van der Waals surface area contributed by atoms with Crippen LogP contribution in [0.1, 0.15) is 45.6 Å². The van der Waals surface area contributed by atoms with Gasteiger partial charge in [-0.3, -0.25) is 4.99 Å². The van der Waals surface area contributed by atoms with Crippen molar-refractivity contribution in [2.75, 3.05) is 13.7 Å². The molecule has 1 aromatic rings. The molecule has 0 amide bonds. The smallest absolute Gasteiger partial charge is 0.336 e. The molecule has 0 aromatic heterocycles. The maximum absolute atomic E-state index is 13.2. The minimum absolute atomic E-state index is 0.193. The van der Waals surface area contributed by atoms with Crippen molar-refractivity contribution in [2.24, 2.45) is 4.99 Å². The largest absolute Gasteiger partial charge is 0.466 e. The predicted molar refractivity (Wildman–Crippen MR) is 121 cm³/mol. The maximum atomic E-state index is 13.2. The molecule has 0 bridgehead atoms. The van der Waals surface area contributed by atoms with Crippen LogP contribution in [0.5, 0.6) is 0 Å². The van der Waals surface area contributed by atoms with Crippen LogP contribution in [0.4, 0.5) is 0 Å². The Kier molecular flexibility index (Phi) is 6.70. The van der Waals surface area contributed by atoms with Gasteiger partial charge in [-0.1, -0.05) is 35.9 Å². The molecular formula is C24H27ClN2O4. The molecule has 2 aliphatic rings. The summed E-state index contributed by atoms with van der Waals surface area (Å²) in [6.45, 7) is 7.68. The van der Waals surface area contributed by atoms with E-state index in [2.05, 4.69) is 10.3 Å². The molecule has 2 heterocycles. The van der Waals surface area contributed by atoms with Gasteiger partial charge in [0.05, 0.1) is 36.3 Å². The molecule has 0 radical (unpaired) electrons. The lowest BCUT2D eigenvalue weighted by Crippen LogP contribution is -2.33. The van der Waals surface area contributed by atoms with Crippen LogP contribution in [0.2, 0.25) is 5.02 Å². The second kappa shape index (κ2) is 9.10. The lowest BCUT2D eigenvalue weighted by molar-refractivity contribution is -0.139. The van der Waals surface area contributed by atoms with Gasteiger partial charge in [0.2, 0.25) is 0 Å². The van der Waals surface area contributed by atoms with Crippen molar-refractivity contribution in [1.29, 1.82) is 0 Å². The van der Waals surface area contributed by atoms with Crippen LogP contribution in [0.3, 0.4) is 0 Å². The number of allylic oxidation sites excluding steroid dienone is 3. The Morgan fingerprint density at radius 3 is 2.35 bits per heavy atom. The fraction of sp³-hybridized carbons (Fsp3) is 0.375. The van der Waals surface area contributed by atoms with Crippen LogP contribution in [-0.4, -0.2) is 36.9 Å². The van der Waals surface area contributed by atoms with E-state index < -0.39 is 17.9 Å². The van der Waals surface area contributed by atoms with Crippen molar-refractivity contribution in [3.63, 3.8) is 0 Å². The van der Waals surface area contributed by atoms with Crippen molar-refractivity contribution in [3.8, 4) is 0 Å². The van der Waals surface area contributed by atoms with Gasteiger partial charge in [0.15, 0.2) is 0 Å². The molecule has 31 heavy (non-hydrogen) atoms. The quantitative estimate of drug-likeness (QED) is 0.657. The van der Waals surface area contributed by atoms with Gasteiger partial charge in [-0.15, -0.1) is 0 Å². The number of hydrogen-bond donors (Lipinski definition) is 1. The average Bonchev–Trinajstić information content (AvgIpc) is 3.05. The maximum Gasteiger partial charge on any atom is 0.336 e. The van der Waals surface area contributed by atoms with Crippen molar-refractivity contribution >= 4 is 29.3 Å². The Hall–Kier alpha value is -2.86. The van der Waals surface area contributed by atoms with Crippen LogP contribution in [0, 0.1) is 0 Å². The molecule has 0 saturated heterocycles. The highest BCUT2D eigenvalue weighted by Gasteiger charge is 2.38. The Bertz CT molecular complexity index is 1040. The number of carbonyl (C=O) groups is 2. The van der Waals surface area contributed by atoms with Gasteiger partial charge in [0.25, 0.3) is 0 Å². The van der Waals surface area contributed by atoms with Crippen LogP contribution in [0.15, 0.2) is 64.0 Å². The number of rotatable bonds is 6. The number of aliphatic imine (C=N–C) groups is 1. The van der Waals surface area contributed by atoms with Gasteiger partial charge >= 0.3 is 11.9 Å². The number of esters is 2. The molecule has 2 aliphatic heterocycles. The highest BCUT2D eigenvalue weighted by molar-refractivity contribution is 6.31. The van der Waals surface area contributed by atoms with Crippen molar-refractivity contribution in [1.82, 2.24) is 5.32 Å². The topological polar surface area (TPSA) is 77.0 Å². The number of ether oxygens (including phenoxy) is 2. The van der Waals surface area contributed by atoms with E-state index >= 15 is 0 Å². The second-order valence-electron chi connectivity index (χ2n) is 7.98. The minimum Gasteiger partial charge on any atom is -0.466 e. The number of carbonyl (C=O) groups excluding carboxylic acids is 2. The van der Waals surface area contributed by atoms with Crippen molar-refractivity contribution in [2.45, 2.75) is 45.6 Å². The van der Waals surface area contributed by atoms with E-state index in [9.17, 15) is 9.59 Å². The summed E-state index contributed by atoms with van der Waals surface area (Å²) in [6.07, 6.45) is 4.53. The van der Waals surface area contributed by atoms with E-state index in [0.717, 1.165) is 5.71 Å². The van der Waals surface area contributed by atoms with Crippen molar-refractivity contribution < 1.29 is 19.1 Å². The standard InChI is InChI=1S/C24H27ClN2O4/c1-14-10-11-24(4,27-14)12-13-31-23(29)20-16(3)26-15(2)19(22(28)30-5)21(20)17-8-6-7-9-18(17)25/h6-11,21,26H,12-13H2,1-5H3. The third-order valence-corrected chi connectivity index (χ3v) is 5.90. The van der Waals surface area contributed by atoms with E-state index in [0.29, 0.717) is 39.5 Å².